The summed E-state index contributed by atoms with van der Waals surface area (Å²) in [6, 6.07) is 5.66. The van der Waals surface area contributed by atoms with Crippen molar-refractivity contribution in [3.8, 4) is 10.6 Å². The Labute approximate surface area is 231 Å². The first-order valence-corrected chi connectivity index (χ1v) is 14.4. The second-order valence-electron chi connectivity index (χ2n) is 11.3. The summed E-state index contributed by atoms with van der Waals surface area (Å²) in [4.78, 5) is 32.2. The van der Waals surface area contributed by atoms with Gasteiger partial charge < -0.3 is 26.0 Å². The van der Waals surface area contributed by atoms with Crippen LogP contribution in [0.4, 0.5) is 0 Å². The fraction of sp³-hybridized carbons (Fsp3) is 0.654. The first-order valence-electron chi connectivity index (χ1n) is 13.2. The molecule has 6 fully saturated rings. The maximum atomic E-state index is 13.7. The van der Waals surface area contributed by atoms with Gasteiger partial charge in [0.1, 0.15) is 5.69 Å². The van der Waals surface area contributed by atoms with E-state index in [1.54, 1.807) is 4.90 Å². The molecule has 7 nitrogen and oxygen atoms in total. The Hall–Kier alpha value is -1.26. The zero-order chi connectivity index (χ0) is 23.7. The third-order valence-corrected chi connectivity index (χ3v) is 10.9. The van der Waals surface area contributed by atoms with E-state index >= 15 is 0 Å². The summed E-state index contributed by atoms with van der Waals surface area (Å²) in [5.74, 6) is 1.06. The lowest BCUT2D eigenvalue weighted by atomic mass is 9.85. The molecular formula is C26H32BrClN4O3S. The number of hydrogen-bond donors (Lipinski definition) is 0. The summed E-state index contributed by atoms with van der Waals surface area (Å²) < 4.78 is 7.59. The van der Waals surface area contributed by atoms with Gasteiger partial charge in [-0.3, -0.25) is 19.4 Å². The number of rotatable bonds is 6. The summed E-state index contributed by atoms with van der Waals surface area (Å²) in [7, 11) is 0. The molecule has 0 aliphatic carbocycles. The highest BCUT2D eigenvalue weighted by Gasteiger charge is 2.63. The summed E-state index contributed by atoms with van der Waals surface area (Å²) in [5.41, 5.74) is 0.765. The molecule has 6 aliphatic rings. The summed E-state index contributed by atoms with van der Waals surface area (Å²) >= 11 is 7.56. The van der Waals surface area contributed by atoms with E-state index in [1.165, 1.54) is 54.7 Å². The average Bonchev–Trinajstić information content (AvgIpc) is 3.67. The fourth-order valence-electron chi connectivity index (χ4n) is 7.87. The molecule has 2 aromatic rings. The number of carbonyl (C=O) groups excluding carboxylic acids is 2. The van der Waals surface area contributed by atoms with Gasteiger partial charge in [0.2, 0.25) is 11.8 Å². The number of nitrogens with zero attached hydrogens (tertiary/aromatic N) is 4. The quantitative estimate of drug-likeness (QED) is 0.371. The minimum absolute atomic E-state index is 0. The van der Waals surface area contributed by atoms with Crippen LogP contribution in [0, 0.1) is 17.8 Å². The number of fused-ring (bicyclic) bond motifs is 6. The molecule has 10 heteroatoms. The van der Waals surface area contributed by atoms with Crippen LogP contribution in [0.5, 0.6) is 0 Å². The first-order chi connectivity index (χ1) is 17.0. The first kappa shape index (κ1) is 25.0. The highest BCUT2D eigenvalue weighted by atomic mass is 79.9. The van der Waals surface area contributed by atoms with Crippen molar-refractivity contribution in [2.24, 2.45) is 17.8 Å². The third-order valence-electron chi connectivity index (χ3n) is 9.64. The molecule has 0 unspecified atom stereocenters. The van der Waals surface area contributed by atoms with Crippen LogP contribution >= 0.6 is 22.9 Å². The molecule has 4 atom stereocenters. The number of imide groups is 1. The molecule has 36 heavy (non-hydrogen) atoms. The molecule has 2 aromatic heterocycles. The topological polar surface area (TPSA) is 66.7 Å². The van der Waals surface area contributed by atoms with E-state index in [9.17, 15) is 9.59 Å². The van der Waals surface area contributed by atoms with Gasteiger partial charge in [-0.2, -0.15) is 0 Å². The number of likely N-dealkylation sites (tertiary alicyclic amines) is 1. The Bertz CT molecular complexity index is 1150. The molecule has 2 amide bonds. The van der Waals surface area contributed by atoms with Crippen molar-refractivity contribution in [2.75, 3.05) is 39.3 Å². The molecule has 0 spiro atoms. The highest BCUT2D eigenvalue weighted by Crippen LogP contribution is 2.53. The Balaban J connectivity index is 0.00000240. The number of piperidine rings is 3. The van der Waals surface area contributed by atoms with Crippen molar-refractivity contribution in [2.45, 2.75) is 50.6 Å². The van der Waals surface area contributed by atoms with Crippen LogP contribution in [-0.4, -0.2) is 76.6 Å². The number of amides is 2. The van der Waals surface area contributed by atoms with Gasteiger partial charge in [0.25, 0.3) is 0 Å². The zero-order valence-corrected chi connectivity index (χ0v) is 23.4. The summed E-state index contributed by atoms with van der Waals surface area (Å²) in [6.07, 6.45) is 6.98. The monoisotopic (exact) mass is 594 g/mol. The molecule has 8 rings (SSSR count). The van der Waals surface area contributed by atoms with Crippen LogP contribution in [0.3, 0.4) is 0 Å². The van der Waals surface area contributed by atoms with Gasteiger partial charge in [-0.25, -0.2) is 0 Å². The normalized spacial score (nSPS) is 35.4. The highest BCUT2D eigenvalue weighted by molar-refractivity contribution is 7.19. The lowest BCUT2D eigenvalue weighted by molar-refractivity contribution is -0.942. The Morgan fingerprint density at radius 3 is 2.56 bits per heavy atom. The number of carbonyl (C=O) groups is 2. The molecule has 8 heterocycles. The van der Waals surface area contributed by atoms with Crippen molar-refractivity contribution in [3.63, 3.8) is 0 Å². The predicted octanol–water partition coefficient (Wildman–Crippen LogP) is 1.20. The van der Waals surface area contributed by atoms with Crippen LogP contribution in [0.1, 0.15) is 50.3 Å². The summed E-state index contributed by atoms with van der Waals surface area (Å²) in [6.45, 7) is 6.39. The van der Waals surface area contributed by atoms with Crippen LogP contribution < -0.4 is 17.0 Å². The molecular weight excluding hydrogens is 564 g/mol. The molecule has 2 bridgehead atoms. The SMILES string of the molecule is O=C1[C@@H]2[C@H](C(=O)N1CCC[N+]13CCC(CC1)CC3)[C@H](c1cc(-c3ccc(Cl)s3)on1)N1CCC[C@@H]21.[Br-]. The van der Waals surface area contributed by atoms with E-state index in [0.29, 0.717) is 16.6 Å². The standard InChI is InChI=1S/C26H32ClN4O3S.BrH/c27-21-5-4-20(35-21)19-15-17(28-34-19)24-23-22(18-3-1-9-29(18)24)25(32)30(26(23)33)10-2-11-31-12-6-16(7-13-31)8-14-31;/h4-5,15-16,18,22-24H,1-3,6-14H2;1H/q+1;/p-1/t16?,18-,22-,23-,24-,31?;/m0./s1. The molecule has 194 valence electrons. The fourth-order valence-corrected chi connectivity index (χ4v) is 8.86. The lowest BCUT2D eigenvalue weighted by Gasteiger charge is -2.49. The van der Waals surface area contributed by atoms with E-state index in [-0.39, 0.29) is 52.7 Å². The van der Waals surface area contributed by atoms with Crippen molar-refractivity contribution in [1.82, 2.24) is 15.0 Å². The largest absolute Gasteiger partial charge is 1.00 e. The van der Waals surface area contributed by atoms with E-state index in [1.807, 2.05) is 18.2 Å². The van der Waals surface area contributed by atoms with Crippen LogP contribution in [0.25, 0.3) is 10.6 Å². The van der Waals surface area contributed by atoms with Gasteiger partial charge in [0, 0.05) is 25.1 Å². The number of aromatic nitrogens is 1. The van der Waals surface area contributed by atoms with E-state index < -0.39 is 0 Å². The van der Waals surface area contributed by atoms with E-state index in [2.05, 4.69) is 10.1 Å². The maximum Gasteiger partial charge on any atom is 0.235 e. The number of quaternary nitrogens is 1. The van der Waals surface area contributed by atoms with Gasteiger partial charge >= 0.3 is 0 Å². The van der Waals surface area contributed by atoms with Crippen molar-refractivity contribution in [1.29, 1.82) is 0 Å². The van der Waals surface area contributed by atoms with Gasteiger partial charge in [-0.15, -0.1) is 11.3 Å². The molecule has 0 radical (unpaired) electrons. The second kappa shape index (κ2) is 9.49. The minimum atomic E-state index is -0.351. The zero-order valence-electron chi connectivity index (χ0n) is 20.3. The maximum absolute atomic E-state index is 13.7. The summed E-state index contributed by atoms with van der Waals surface area (Å²) in [5, 5.41) is 4.40. The van der Waals surface area contributed by atoms with Crippen LogP contribution in [-0.2, 0) is 9.59 Å². The molecule has 0 saturated carbocycles. The van der Waals surface area contributed by atoms with E-state index in [0.717, 1.165) is 48.8 Å². The Morgan fingerprint density at radius 1 is 1.08 bits per heavy atom. The van der Waals surface area contributed by atoms with Gasteiger partial charge in [0.05, 0.1) is 53.3 Å². The van der Waals surface area contributed by atoms with Crippen molar-refractivity contribution < 1.29 is 35.6 Å². The van der Waals surface area contributed by atoms with Crippen LogP contribution in [0.2, 0.25) is 4.34 Å². The molecule has 0 aromatic carbocycles. The van der Waals surface area contributed by atoms with Gasteiger partial charge in [-0.05, 0) is 56.7 Å². The number of thiophene rings is 1. The lowest BCUT2D eigenvalue weighted by Crippen LogP contribution is -3.00. The second-order valence-corrected chi connectivity index (χ2v) is 13.0. The predicted molar refractivity (Wildman–Crippen MR) is 133 cm³/mol. The number of hydrogen-bond acceptors (Lipinski definition) is 6. The molecule has 6 aliphatic heterocycles. The van der Waals surface area contributed by atoms with Crippen molar-refractivity contribution >= 4 is 34.8 Å². The molecule has 0 N–H and O–H groups in total. The number of halogens is 2. The van der Waals surface area contributed by atoms with Crippen molar-refractivity contribution in [3.05, 3.63) is 28.2 Å². The van der Waals surface area contributed by atoms with Gasteiger partial charge in [0.15, 0.2) is 5.76 Å². The van der Waals surface area contributed by atoms with E-state index in [4.69, 9.17) is 16.1 Å². The van der Waals surface area contributed by atoms with Crippen LogP contribution in [0.15, 0.2) is 22.7 Å². The smallest absolute Gasteiger partial charge is 0.235 e. The average molecular weight is 596 g/mol. The third kappa shape index (κ3) is 3.92. The van der Waals surface area contributed by atoms with Gasteiger partial charge in [-0.1, -0.05) is 16.8 Å². The minimum Gasteiger partial charge on any atom is -1.00 e. The molecule has 6 saturated heterocycles. The Morgan fingerprint density at radius 2 is 1.83 bits per heavy atom. The Kier molecular flexibility index (Phi) is 6.60.